The quantitative estimate of drug-likeness (QED) is 0.587. The molecule has 0 aliphatic rings. The van der Waals surface area contributed by atoms with Crippen LogP contribution in [-0.2, 0) is 6.42 Å². The zero-order chi connectivity index (χ0) is 10.7. The number of nitrogens with one attached hydrogen (secondary N) is 1. The van der Waals surface area contributed by atoms with E-state index >= 15 is 0 Å². The molecule has 0 saturated heterocycles. The van der Waals surface area contributed by atoms with Crippen LogP contribution in [0.4, 0.5) is 5.69 Å². The van der Waals surface area contributed by atoms with E-state index in [9.17, 15) is 14.9 Å². The lowest BCUT2D eigenvalue weighted by Crippen LogP contribution is -2.14. The molecule has 0 bridgehead atoms. The van der Waals surface area contributed by atoms with Gasteiger partial charge in [0, 0.05) is 11.8 Å². The minimum absolute atomic E-state index is 0.405. The second-order valence-corrected chi connectivity index (χ2v) is 3.55. The van der Waals surface area contributed by atoms with Crippen LogP contribution in [-0.4, -0.2) is 9.91 Å². The molecule has 0 fully saturated rings. The predicted molar refractivity (Wildman–Crippen MR) is 52.3 cm³/mol. The van der Waals surface area contributed by atoms with Gasteiger partial charge in [0.15, 0.2) is 0 Å². The van der Waals surface area contributed by atoms with Gasteiger partial charge in [0.2, 0.25) is 0 Å². The summed E-state index contributed by atoms with van der Waals surface area (Å²) >= 11 is 0. The van der Waals surface area contributed by atoms with Gasteiger partial charge < -0.3 is 4.98 Å². The van der Waals surface area contributed by atoms with Gasteiger partial charge in [-0.25, -0.2) is 0 Å². The summed E-state index contributed by atoms with van der Waals surface area (Å²) in [6.07, 6.45) is 0.716. The van der Waals surface area contributed by atoms with E-state index in [1.807, 2.05) is 13.8 Å². The van der Waals surface area contributed by atoms with E-state index in [1.165, 1.54) is 6.07 Å². The molecule has 1 aromatic heterocycles. The van der Waals surface area contributed by atoms with Crippen LogP contribution in [0.25, 0.3) is 0 Å². The average Bonchev–Trinajstić information content (AvgIpc) is 2.01. The average molecular weight is 196 g/mol. The Morgan fingerprint density at radius 2 is 2.14 bits per heavy atom. The smallest absolute Gasteiger partial charge is 0.320 e. The monoisotopic (exact) mass is 196 g/mol. The molecule has 0 aliphatic carbocycles. The number of nitrogens with zero attached hydrogens (tertiary/aromatic N) is 1. The fourth-order valence-electron chi connectivity index (χ4n) is 1.21. The maximum Gasteiger partial charge on any atom is 0.333 e. The number of hydrogen-bond acceptors (Lipinski definition) is 3. The topological polar surface area (TPSA) is 76.0 Å². The van der Waals surface area contributed by atoms with E-state index in [1.54, 1.807) is 6.07 Å². The largest absolute Gasteiger partial charge is 0.333 e. The molecule has 0 amide bonds. The minimum Gasteiger partial charge on any atom is -0.320 e. The molecule has 0 unspecified atom stereocenters. The lowest BCUT2D eigenvalue weighted by molar-refractivity contribution is -0.386. The fraction of sp³-hybridized carbons (Fsp3) is 0.444. The van der Waals surface area contributed by atoms with Crippen LogP contribution in [0.5, 0.6) is 0 Å². The van der Waals surface area contributed by atoms with E-state index in [0.29, 0.717) is 12.3 Å². The predicted octanol–water partition coefficient (Wildman–Crippen LogP) is 1.48. The highest BCUT2D eigenvalue weighted by molar-refractivity contribution is 5.27. The third-order valence-corrected chi connectivity index (χ3v) is 1.77. The molecule has 0 aliphatic heterocycles. The molecule has 0 spiro atoms. The highest BCUT2D eigenvalue weighted by atomic mass is 16.6. The van der Waals surface area contributed by atoms with Gasteiger partial charge in [0.1, 0.15) is 0 Å². The molecule has 0 atom stereocenters. The standard InChI is InChI=1S/C9H12N2O3/c1-6(2)5-7-3-4-8(11(13)14)9(12)10-7/h3-4,6H,5H2,1-2H3,(H,10,12). The van der Waals surface area contributed by atoms with Crippen molar-refractivity contribution < 1.29 is 4.92 Å². The number of rotatable bonds is 3. The highest BCUT2D eigenvalue weighted by Crippen LogP contribution is 2.07. The highest BCUT2D eigenvalue weighted by Gasteiger charge is 2.11. The van der Waals surface area contributed by atoms with Crippen LogP contribution in [0.3, 0.4) is 0 Å². The summed E-state index contributed by atoms with van der Waals surface area (Å²) < 4.78 is 0. The van der Waals surface area contributed by atoms with Crippen LogP contribution in [0, 0.1) is 16.0 Å². The number of H-pyrrole nitrogens is 1. The molecule has 0 aromatic carbocycles. The Morgan fingerprint density at radius 1 is 1.50 bits per heavy atom. The number of pyridine rings is 1. The van der Waals surface area contributed by atoms with Gasteiger partial charge in [-0.1, -0.05) is 13.8 Å². The molecule has 0 radical (unpaired) electrons. The first-order valence-electron chi connectivity index (χ1n) is 4.37. The van der Waals surface area contributed by atoms with Crippen molar-refractivity contribution in [3.8, 4) is 0 Å². The summed E-state index contributed by atoms with van der Waals surface area (Å²) in [5.74, 6) is 0.409. The molecule has 76 valence electrons. The SMILES string of the molecule is CC(C)Cc1ccc([N+](=O)[O-])c(=O)[nH]1. The van der Waals surface area contributed by atoms with Crippen molar-refractivity contribution in [3.63, 3.8) is 0 Å². The van der Waals surface area contributed by atoms with Gasteiger partial charge >= 0.3 is 11.2 Å². The lowest BCUT2D eigenvalue weighted by Gasteiger charge is -2.03. The summed E-state index contributed by atoms with van der Waals surface area (Å²) in [6, 6.07) is 2.83. The summed E-state index contributed by atoms with van der Waals surface area (Å²) in [5, 5.41) is 10.3. The maximum absolute atomic E-state index is 11.2. The number of aromatic amines is 1. The molecule has 14 heavy (non-hydrogen) atoms. The van der Waals surface area contributed by atoms with Crippen molar-refractivity contribution in [1.29, 1.82) is 0 Å². The van der Waals surface area contributed by atoms with Gasteiger partial charge in [0.25, 0.3) is 0 Å². The molecule has 1 aromatic rings. The van der Waals surface area contributed by atoms with Crippen molar-refractivity contribution in [3.05, 3.63) is 38.3 Å². The summed E-state index contributed by atoms with van der Waals surface area (Å²) in [5.41, 5.74) is -0.304. The van der Waals surface area contributed by atoms with Gasteiger partial charge in [-0.15, -0.1) is 0 Å². The minimum atomic E-state index is -0.683. The van der Waals surface area contributed by atoms with Gasteiger partial charge in [-0.05, 0) is 18.4 Å². The van der Waals surface area contributed by atoms with Gasteiger partial charge in [0.05, 0.1) is 4.92 Å². The van der Waals surface area contributed by atoms with E-state index in [2.05, 4.69) is 4.98 Å². The molecule has 5 nitrogen and oxygen atoms in total. The number of nitro groups is 1. The molecule has 1 rings (SSSR count). The van der Waals surface area contributed by atoms with Gasteiger partial charge in [-0.2, -0.15) is 0 Å². The molecule has 5 heteroatoms. The van der Waals surface area contributed by atoms with Crippen LogP contribution in [0.1, 0.15) is 19.5 Å². The van der Waals surface area contributed by atoms with Crippen molar-refractivity contribution in [2.24, 2.45) is 5.92 Å². The Morgan fingerprint density at radius 3 is 2.57 bits per heavy atom. The fourth-order valence-corrected chi connectivity index (χ4v) is 1.21. The lowest BCUT2D eigenvalue weighted by atomic mass is 10.1. The Kier molecular flexibility index (Phi) is 3.01. The summed E-state index contributed by atoms with van der Waals surface area (Å²) in [4.78, 5) is 23.3. The Bertz CT molecular complexity index is 395. The Balaban J connectivity index is 3.01. The van der Waals surface area contributed by atoms with Crippen LogP contribution >= 0.6 is 0 Å². The molecule has 1 heterocycles. The molecular weight excluding hydrogens is 184 g/mol. The summed E-state index contributed by atoms with van der Waals surface area (Å²) in [6.45, 7) is 4.03. The Hall–Kier alpha value is -1.65. The van der Waals surface area contributed by atoms with E-state index in [0.717, 1.165) is 5.69 Å². The number of aromatic nitrogens is 1. The molecule has 1 N–H and O–H groups in total. The van der Waals surface area contributed by atoms with Crippen LogP contribution in [0.15, 0.2) is 16.9 Å². The zero-order valence-corrected chi connectivity index (χ0v) is 8.11. The molecular formula is C9H12N2O3. The van der Waals surface area contributed by atoms with Crippen molar-refractivity contribution in [2.75, 3.05) is 0 Å². The van der Waals surface area contributed by atoms with Crippen molar-refractivity contribution >= 4 is 5.69 Å². The second-order valence-electron chi connectivity index (χ2n) is 3.55. The third-order valence-electron chi connectivity index (χ3n) is 1.77. The maximum atomic E-state index is 11.2. The summed E-state index contributed by atoms with van der Waals surface area (Å²) in [7, 11) is 0. The first-order chi connectivity index (χ1) is 6.50. The Labute approximate surface area is 80.9 Å². The van der Waals surface area contributed by atoms with E-state index in [4.69, 9.17) is 0 Å². The number of hydrogen-bond donors (Lipinski definition) is 1. The normalized spacial score (nSPS) is 10.5. The van der Waals surface area contributed by atoms with Crippen molar-refractivity contribution in [2.45, 2.75) is 20.3 Å². The third kappa shape index (κ3) is 2.42. The van der Waals surface area contributed by atoms with E-state index in [-0.39, 0.29) is 0 Å². The zero-order valence-electron chi connectivity index (χ0n) is 8.11. The van der Waals surface area contributed by atoms with Crippen LogP contribution in [0.2, 0.25) is 0 Å². The van der Waals surface area contributed by atoms with Crippen LogP contribution < -0.4 is 5.56 Å². The van der Waals surface area contributed by atoms with E-state index < -0.39 is 16.2 Å². The molecule has 0 saturated carbocycles. The first-order valence-corrected chi connectivity index (χ1v) is 4.37. The second kappa shape index (κ2) is 4.04. The van der Waals surface area contributed by atoms with Crippen molar-refractivity contribution in [1.82, 2.24) is 4.98 Å². The first kappa shape index (κ1) is 10.4. The van der Waals surface area contributed by atoms with Gasteiger partial charge in [-0.3, -0.25) is 14.9 Å².